The molecule has 1 aromatic carbocycles. The van der Waals surface area contributed by atoms with Crippen molar-refractivity contribution in [2.24, 2.45) is 14.1 Å². The van der Waals surface area contributed by atoms with Crippen molar-refractivity contribution in [1.29, 1.82) is 5.26 Å². The minimum absolute atomic E-state index is 0.0986. The van der Waals surface area contributed by atoms with E-state index in [9.17, 15) is 14.9 Å². The summed E-state index contributed by atoms with van der Waals surface area (Å²) < 4.78 is 2.16. The molecule has 0 saturated heterocycles. The van der Waals surface area contributed by atoms with Gasteiger partial charge in [-0.15, -0.1) is 0 Å². The zero-order valence-corrected chi connectivity index (χ0v) is 13.2. The summed E-state index contributed by atoms with van der Waals surface area (Å²) in [6, 6.07) is 8.84. The quantitative estimate of drug-likeness (QED) is 0.935. The van der Waals surface area contributed by atoms with Gasteiger partial charge in [-0.3, -0.25) is 13.9 Å². The first-order valence-corrected chi connectivity index (χ1v) is 6.96. The second-order valence-corrected chi connectivity index (χ2v) is 5.40. The molecule has 0 unspecified atom stereocenters. The molecule has 0 radical (unpaired) electrons. The third-order valence-corrected chi connectivity index (χ3v) is 3.71. The van der Waals surface area contributed by atoms with Crippen LogP contribution in [0.3, 0.4) is 0 Å². The number of nitrogens with zero attached hydrogens (tertiary/aromatic N) is 3. The number of anilines is 1. The summed E-state index contributed by atoms with van der Waals surface area (Å²) in [7, 11) is 2.85. The van der Waals surface area contributed by atoms with E-state index in [1.54, 1.807) is 12.1 Å². The van der Waals surface area contributed by atoms with Crippen molar-refractivity contribution in [3.8, 4) is 6.07 Å². The number of aromatic nitrogens is 2. The molecule has 1 aromatic heterocycles. The minimum atomic E-state index is -0.619. The summed E-state index contributed by atoms with van der Waals surface area (Å²) in [5.41, 5.74) is -0.334. The Morgan fingerprint density at radius 1 is 1.27 bits per heavy atom. The van der Waals surface area contributed by atoms with Gasteiger partial charge < -0.3 is 5.32 Å². The summed E-state index contributed by atoms with van der Waals surface area (Å²) >= 11 is 5.96. The zero-order valence-electron chi connectivity index (χ0n) is 12.4. The maximum Gasteiger partial charge on any atom is 0.332 e. The van der Waals surface area contributed by atoms with Gasteiger partial charge >= 0.3 is 5.69 Å². The standard InChI is InChI=1S/C15H15ClN4O2/c1-9(10-5-4-6-11(16)7-10)18-13-12(8-17)14(21)20(3)15(22)19(13)2/h4-7,9,18H,1-3H3/t9-/m1/s1. The molecule has 0 aliphatic heterocycles. The Bertz CT molecular complexity index is 877. The van der Waals surface area contributed by atoms with Crippen LogP contribution >= 0.6 is 11.6 Å². The fraction of sp³-hybridized carbons (Fsp3) is 0.267. The Morgan fingerprint density at radius 2 is 1.95 bits per heavy atom. The molecule has 114 valence electrons. The number of nitriles is 1. The Hall–Kier alpha value is -2.52. The summed E-state index contributed by atoms with van der Waals surface area (Å²) in [5.74, 6) is 0.197. The molecule has 6 nitrogen and oxygen atoms in total. The van der Waals surface area contributed by atoms with E-state index in [-0.39, 0.29) is 17.4 Å². The van der Waals surface area contributed by atoms with Crippen molar-refractivity contribution < 1.29 is 0 Å². The highest BCUT2D eigenvalue weighted by molar-refractivity contribution is 6.30. The highest BCUT2D eigenvalue weighted by Crippen LogP contribution is 2.21. The van der Waals surface area contributed by atoms with Crippen LogP contribution in [0.4, 0.5) is 5.82 Å². The van der Waals surface area contributed by atoms with Crippen LogP contribution in [0, 0.1) is 11.3 Å². The Morgan fingerprint density at radius 3 is 2.55 bits per heavy atom. The van der Waals surface area contributed by atoms with Crippen molar-refractivity contribution in [1.82, 2.24) is 9.13 Å². The molecule has 2 aromatic rings. The monoisotopic (exact) mass is 318 g/mol. The van der Waals surface area contributed by atoms with Crippen molar-refractivity contribution in [3.63, 3.8) is 0 Å². The summed E-state index contributed by atoms with van der Waals surface area (Å²) in [6.45, 7) is 1.86. The predicted molar refractivity (Wildman–Crippen MR) is 85.1 cm³/mol. The van der Waals surface area contributed by atoms with Gasteiger partial charge in [0, 0.05) is 25.2 Å². The Kier molecular flexibility index (Phi) is 4.38. The van der Waals surface area contributed by atoms with Crippen molar-refractivity contribution in [2.75, 3.05) is 5.32 Å². The molecule has 2 rings (SSSR count). The van der Waals surface area contributed by atoms with Gasteiger partial charge in [-0.2, -0.15) is 5.26 Å². The Balaban J connectivity index is 2.53. The van der Waals surface area contributed by atoms with E-state index in [2.05, 4.69) is 5.32 Å². The summed E-state index contributed by atoms with van der Waals surface area (Å²) in [6.07, 6.45) is 0. The molecule has 1 heterocycles. The average molecular weight is 319 g/mol. The van der Waals surface area contributed by atoms with Crippen LogP contribution in [-0.2, 0) is 14.1 Å². The molecule has 22 heavy (non-hydrogen) atoms. The number of hydrogen-bond donors (Lipinski definition) is 1. The molecule has 1 N–H and O–H groups in total. The minimum Gasteiger partial charge on any atom is -0.364 e. The molecule has 0 amide bonds. The van der Waals surface area contributed by atoms with Gasteiger partial charge in [0.25, 0.3) is 5.56 Å². The molecule has 7 heteroatoms. The normalized spacial score (nSPS) is 11.8. The zero-order chi connectivity index (χ0) is 16.4. The first-order valence-electron chi connectivity index (χ1n) is 6.59. The van der Waals surface area contributed by atoms with E-state index in [1.807, 2.05) is 25.1 Å². The lowest BCUT2D eigenvalue weighted by molar-refractivity contribution is 0.678. The fourth-order valence-electron chi connectivity index (χ4n) is 2.18. The van der Waals surface area contributed by atoms with Gasteiger partial charge in [0.2, 0.25) is 0 Å². The van der Waals surface area contributed by atoms with E-state index in [0.717, 1.165) is 10.1 Å². The number of benzene rings is 1. The molecule has 1 atom stereocenters. The molecular weight excluding hydrogens is 304 g/mol. The van der Waals surface area contributed by atoms with Crippen molar-refractivity contribution in [2.45, 2.75) is 13.0 Å². The fourth-order valence-corrected chi connectivity index (χ4v) is 2.38. The smallest absolute Gasteiger partial charge is 0.332 e. The van der Waals surface area contributed by atoms with Crippen molar-refractivity contribution >= 4 is 17.4 Å². The Labute approximate surface area is 132 Å². The average Bonchev–Trinajstić information content (AvgIpc) is 2.50. The molecule has 0 saturated carbocycles. The number of halogens is 1. The number of hydrogen-bond acceptors (Lipinski definition) is 4. The maximum absolute atomic E-state index is 12.0. The van der Waals surface area contributed by atoms with Crippen LogP contribution in [0.1, 0.15) is 24.1 Å². The van der Waals surface area contributed by atoms with Crippen LogP contribution in [-0.4, -0.2) is 9.13 Å². The maximum atomic E-state index is 12.0. The summed E-state index contributed by atoms with van der Waals surface area (Å²) in [4.78, 5) is 24.0. The van der Waals surface area contributed by atoms with Crippen LogP contribution in [0.25, 0.3) is 0 Å². The number of nitrogens with one attached hydrogen (secondary N) is 1. The lowest BCUT2D eigenvalue weighted by Crippen LogP contribution is -2.40. The van der Waals surface area contributed by atoms with Crippen molar-refractivity contribution in [3.05, 3.63) is 61.3 Å². The molecule has 0 fully saturated rings. The van der Waals surface area contributed by atoms with Gasteiger partial charge in [-0.25, -0.2) is 4.79 Å². The van der Waals surface area contributed by atoms with E-state index in [0.29, 0.717) is 5.02 Å². The van der Waals surface area contributed by atoms with Crippen LogP contribution in [0.5, 0.6) is 0 Å². The number of rotatable bonds is 3. The molecule has 0 aliphatic rings. The second-order valence-electron chi connectivity index (χ2n) is 4.96. The molecule has 0 bridgehead atoms. The van der Waals surface area contributed by atoms with Crippen LogP contribution in [0.15, 0.2) is 33.9 Å². The topological polar surface area (TPSA) is 79.8 Å². The van der Waals surface area contributed by atoms with Gasteiger partial charge in [0.15, 0.2) is 5.56 Å². The van der Waals surface area contributed by atoms with E-state index in [4.69, 9.17) is 11.6 Å². The third-order valence-electron chi connectivity index (χ3n) is 3.48. The van der Waals surface area contributed by atoms with Gasteiger partial charge in [-0.05, 0) is 24.6 Å². The highest BCUT2D eigenvalue weighted by atomic mass is 35.5. The lowest BCUT2D eigenvalue weighted by Gasteiger charge is -2.19. The first-order chi connectivity index (χ1) is 10.4. The van der Waals surface area contributed by atoms with E-state index >= 15 is 0 Å². The predicted octanol–water partition coefficient (Wildman–Crippen LogP) is 1.78. The van der Waals surface area contributed by atoms with Gasteiger partial charge in [-0.1, -0.05) is 23.7 Å². The molecule has 0 aliphatic carbocycles. The first kappa shape index (κ1) is 15.9. The van der Waals surface area contributed by atoms with Gasteiger partial charge in [0.1, 0.15) is 11.9 Å². The van der Waals surface area contributed by atoms with Crippen LogP contribution < -0.4 is 16.6 Å². The van der Waals surface area contributed by atoms with E-state index in [1.165, 1.54) is 18.7 Å². The highest BCUT2D eigenvalue weighted by Gasteiger charge is 2.17. The molecular formula is C15H15ClN4O2. The second kappa shape index (κ2) is 6.08. The third kappa shape index (κ3) is 2.76. The largest absolute Gasteiger partial charge is 0.364 e. The molecule has 0 spiro atoms. The lowest BCUT2D eigenvalue weighted by atomic mass is 10.1. The van der Waals surface area contributed by atoms with E-state index < -0.39 is 11.2 Å². The SMILES string of the molecule is C[C@@H](Nc1c(C#N)c(=O)n(C)c(=O)n1C)c1cccc(Cl)c1. The van der Waals surface area contributed by atoms with Crippen LogP contribution in [0.2, 0.25) is 5.02 Å². The van der Waals surface area contributed by atoms with Gasteiger partial charge in [0.05, 0.1) is 0 Å². The summed E-state index contributed by atoms with van der Waals surface area (Å²) in [5, 5.41) is 12.9.